The molecule has 1 aliphatic rings. The second kappa shape index (κ2) is 8.10. The predicted octanol–water partition coefficient (Wildman–Crippen LogP) is 1.84. The van der Waals surface area contributed by atoms with Crippen LogP contribution in [0.4, 0.5) is 0 Å². The molecule has 1 atom stereocenters. The zero-order chi connectivity index (χ0) is 13.4. The first-order chi connectivity index (χ1) is 8.57. The van der Waals surface area contributed by atoms with Crippen LogP contribution in [0.2, 0.25) is 0 Å². The fourth-order valence-corrected chi connectivity index (χ4v) is 2.17. The molecular formula is C14H30N2O2. The average molecular weight is 258 g/mol. The molecule has 4 heteroatoms. The molecule has 18 heavy (non-hydrogen) atoms. The van der Waals surface area contributed by atoms with Gasteiger partial charge in [-0.1, -0.05) is 20.8 Å². The molecule has 1 heterocycles. The predicted molar refractivity (Wildman–Crippen MR) is 74.5 cm³/mol. The molecule has 0 bridgehead atoms. The lowest BCUT2D eigenvalue weighted by Crippen LogP contribution is -2.40. The standard InChI is InChI=1S/C14H30N2O2/c1-4-16(12-14(2,3)11-15)8-10-18-13-7-5-6-9-17-13/h13H,4-12,15H2,1-3H3. The van der Waals surface area contributed by atoms with Gasteiger partial charge in [0, 0.05) is 19.7 Å². The second-order valence-electron chi connectivity index (χ2n) is 5.90. The van der Waals surface area contributed by atoms with E-state index < -0.39 is 0 Å². The molecule has 0 amide bonds. The summed E-state index contributed by atoms with van der Waals surface area (Å²) in [5, 5.41) is 0. The van der Waals surface area contributed by atoms with Gasteiger partial charge in [-0.3, -0.25) is 0 Å². The van der Waals surface area contributed by atoms with Gasteiger partial charge < -0.3 is 20.1 Å². The van der Waals surface area contributed by atoms with Crippen molar-refractivity contribution in [1.29, 1.82) is 0 Å². The molecule has 1 saturated heterocycles. The Labute approximate surface area is 112 Å². The van der Waals surface area contributed by atoms with Crippen LogP contribution < -0.4 is 5.73 Å². The summed E-state index contributed by atoms with van der Waals surface area (Å²) >= 11 is 0. The lowest BCUT2D eigenvalue weighted by molar-refractivity contribution is -0.164. The van der Waals surface area contributed by atoms with Crippen LogP contribution in [0.1, 0.15) is 40.0 Å². The minimum atomic E-state index is 0.0278. The van der Waals surface area contributed by atoms with Gasteiger partial charge in [-0.05, 0) is 37.8 Å². The van der Waals surface area contributed by atoms with Crippen LogP contribution in [0.5, 0.6) is 0 Å². The topological polar surface area (TPSA) is 47.7 Å². The monoisotopic (exact) mass is 258 g/mol. The Hall–Kier alpha value is -0.160. The van der Waals surface area contributed by atoms with Crippen molar-refractivity contribution in [2.24, 2.45) is 11.1 Å². The maximum Gasteiger partial charge on any atom is 0.157 e. The van der Waals surface area contributed by atoms with E-state index in [9.17, 15) is 0 Å². The largest absolute Gasteiger partial charge is 0.353 e. The number of ether oxygens (including phenoxy) is 2. The summed E-state index contributed by atoms with van der Waals surface area (Å²) < 4.78 is 11.3. The Morgan fingerprint density at radius 1 is 1.39 bits per heavy atom. The minimum absolute atomic E-state index is 0.0278. The molecule has 0 radical (unpaired) electrons. The SMILES string of the molecule is CCN(CCOC1CCCCO1)CC(C)(C)CN. The van der Waals surface area contributed by atoms with E-state index in [1.54, 1.807) is 0 Å². The highest BCUT2D eigenvalue weighted by molar-refractivity contribution is 4.74. The first-order valence-corrected chi connectivity index (χ1v) is 7.23. The van der Waals surface area contributed by atoms with Crippen molar-refractivity contribution in [2.75, 3.05) is 39.4 Å². The Morgan fingerprint density at radius 3 is 2.72 bits per heavy atom. The lowest BCUT2D eigenvalue weighted by atomic mass is 9.93. The van der Waals surface area contributed by atoms with Crippen LogP contribution in [-0.4, -0.2) is 50.6 Å². The summed E-state index contributed by atoms with van der Waals surface area (Å²) in [5.74, 6) is 0. The number of hydrogen-bond donors (Lipinski definition) is 1. The van der Waals surface area contributed by atoms with Gasteiger partial charge in [-0.25, -0.2) is 0 Å². The number of nitrogens with zero attached hydrogens (tertiary/aromatic N) is 1. The van der Waals surface area contributed by atoms with Crippen LogP contribution in [0.3, 0.4) is 0 Å². The molecule has 1 rings (SSSR count). The van der Waals surface area contributed by atoms with Gasteiger partial charge in [0.1, 0.15) is 0 Å². The lowest BCUT2D eigenvalue weighted by Gasteiger charge is -2.31. The second-order valence-corrected chi connectivity index (χ2v) is 5.90. The molecule has 0 aromatic rings. The summed E-state index contributed by atoms with van der Waals surface area (Å²) in [6, 6.07) is 0. The van der Waals surface area contributed by atoms with Crippen molar-refractivity contribution >= 4 is 0 Å². The average Bonchev–Trinajstić information content (AvgIpc) is 2.38. The van der Waals surface area contributed by atoms with Gasteiger partial charge in [-0.15, -0.1) is 0 Å². The highest BCUT2D eigenvalue weighted by Crippen LogP contribution is 2.16. The highest BCUT2D eigenvalue weighted by atomic mass is 16.7. The van der Waals surface area contributed by atoms with Crippen molar-refractivity contribution < 1.29 is 9.47 Å². The molecule has 0 aromatic heterocycles. The number of likely N-dealkylation sites (N-methyl/N-ethyl adjacent to an activating group) is 1. The summed E-state index contributed by atoms with van der Waals surface area (Å²) in [6.07, 6.45) is 3.47. The van der Waals surface area contributed by atoms with Gasteiger partial charge >= 0.3 is 0 Å². The third-order valence-corrected chi connectivity index (χ3v) is 3.50. The maximum atomic E-state index is 5.78. The molecular weight excluding hydrogens is 228 g/mol. The molecule has 108 valence electrons. The number of hydrogen-bond acceptors (Lipinski definition) is 4. The third-order valence-electron chi connectivity index (χ3n) is 3.50. The summed E-state index contributed by atoms with van der Waals surface area (Å²) in [4.78, 5) is 2.40. The van der Waals surface area contributed by atoms with E-state index in [-0.39, 0.29) is 11.7 Å². The molecule has 1 fully saturated rings. The fourth-order valence-electron chi connectivity index (χ4n) is 2.17. The van der Waals surface area contributed by atoms with E-state index in [0.717, 1.165) is 45.8 Å². The van der Waals surface area contributed by atoms with Crippen LogP contribution in [0, 0.1) is 5.41 Å². The number of rotatable bonds is 8. The molecule has 0 saturated carbocycles. The number of nitrogens with two attached hydrogens (primary N) is 1. The van der Waals surface area contributed by atoms with Crippen molar-refractivity contribution in [3.05, 3.63) is 0 Å². The Balaban J connectivity index is 2.18. The van der Waals surface area contributed by atoms with Gasteiger partial charge in [0.15, 0.2) is 6.29 Å². The summed E-state index contributed by atoms with van der Waals surface area (Å²) in [5.41, 5.74) is 5.95. The maximum absolute atomic E-state index is 5.78. The zero-order valence-electron chi connectivity index (χ0n) is 12.3. The molecule has 4 nitrogen and oxygen atoms in total. The molecule has 0 aromatic carbocycles. The Kier molecular flexibility index (Phi) is 7.15. The highest BCUT2D eigenvalue weighted by Gasteiger charge is 2.20. The summed E-state index contributed by atoms with van der Waals surface area (Å²) in [6.45, 7) is 11.9. The van der Waals surface area contributed by atoms with Crippen molar-refractivity contribution in [3.63, 3.8) is 0 Å². The van der Waals surface area contributed by atoms with Crippen molar-refractivity contribution in [3.8, 4) is 0 Å². The van der Waals surface area contributed by atoms with Crippen molar-refractivity contribution in [2.45, 2.75) is 46.3 Å². The molecule has 1 unspecified atom stereocenters. The van der Waals surface area contributed by atoms with Crippen LogP contribution in [0.25, 0.3) is 0 Å². The fraction of sp³-hybridized carbons (Fsp3) is 1.00. The van der Waals surface area contributed by atoms with E-state index in [0.29, 0.717) is 0 Å². The zero-order valence-corrected chi connectivity index (χ0v) is 12.3. The van der Waals surface area contributed by atoms with Crippen LogP contribution in [-0.2, 0) is 9.47 Å². The Morgan fingerprint density at radius 2 is 2.17 bits per heavy atom. The first kappa shape index (κ1) is 15.9. The van der Waals surface area contributed by atoms with Gasteiger partial charge in [-0.2, -0.15) is 0 Å². The smallest absolute Gasteiger partial charge is 0.157 e. The molecule has 2 N–H and O–H groups in total. The van der Waals surface area contributed by atoms with Crippen LogP contribution in [0.15, 0.2) is 0 Å². The van der Waals surface area contributed by atoms with E-state index in [1.807, 2.05) is 0 Å². The van der Waals surface area contributed by atoms with Gasteiger partial charge in [0.2, 0.25) is 0 Å². The normalized spacial score (nSPS) is 21.5. The van der Waals surface area contributed by atoms with E-state index in [2.05, 4.69) is 25.7 Å². The van der Waals surface area contributed by atoms with E-state index >= 15 is 0 Å². The molecule has 0 aliphatic carbocycles. The van der Waals surface area contributed by atoms with Crippen molar-refractivity contribution in [1.82, 2.24) is 4.90 Å². The quantitative estimate of drug-likeness (QED) is 0.721. The Bertz CT molecular complexity index is 216. The molecule has 0 spiro atoms. The third kappa shape index (κ3) is 6.14. The van der Waals surface area contributed by atoms with E-state index in [4.69, 9.17) is 15.2 Å². The van der Waals surface area contributed by atoms with Gasteiger partial charge in [0.25, 0.3) is 0 Å². The molecule has 1 aliphatic heterocycles. The minimum Gasteiger partial charge on any atom is -0.353 e. The summed E-state index contributed by atoms with van der Waals surface area (Å²) in [7, 11) is 0. The van der Waals surface area contributed by atoms with Gasteiger partial charge in [0.05, 0.1) is 6.61 Å². The first-order valence-electron chi connectivity index (χ1n) is 7.23. The van der Waals surface area contributed by atoms with Crippen LogP contribution >= 0.6 is 0 Å². The van der Waals surface area contributed by atoms with E-state index in [1.165, 1.54) is 12.8 Å².